The van der Waals surface area contributed by atoms with Gasteiger partial charge in [-0.05, 0) is 25.0 Å². The van der Waals surface area contributed by atoms with Gasteiger partial charge in [0.25, 0.3) is 0 Å². The van der Waals surface area contributed by atoms with E-state index in [4.69, 9.17) is 4.74 Å². The van der Waals surface area contributed by atoms with Gasteiger partial charge in [0.1, 0.15) is 5.75 Å². The first-order valence-corrected chi connectivity index (χ1v) is 6.11. The number of para-hydroxylation sites is 1. The lowest BCUT2D eigenvalue weighted by molar-refractivity contribution is 0.252. The molecule has 1 nitrogen and oxygen atoms in total. The molecule has 1 aromatic rings. The zero-order valence-electron chi connectivity index (χ0n) is 7.50. The molecule has 1 fully saturated rings. The SMILES string of the molecule is ICC1(COc2ccccc2)CC1. The van der Waals surface area contributed by atoms with E-state index in [1.54, 1.807) is 0 Å². The minimum Gasteiger partial charge on any atom is -0.493 e. The Morgan fingerprint density at radius 2 is 1.92 bits per heavy atom. The third kappa shape index (κ3) is 2.36. The molecule has 70 valence electrons. The molecule has 0 radical (unpaired) electrons. The number of halogens is 1. The molecule has 13 heavy (non-hydrogen) atoms. The van der Waals surface area contributed by atoms with Crippen LogP contribution in [0.15, 0.2) is 30.3 Å². The van der Waals surface area contributed by atoms with Gasteiger partial charge in [-0.1, -0.05) is 40.8 Å². The van der Waals surface area contributed by atoms with Crippen LogP contribution in [0.2, 0.25) is 0 Å². The Morgan fingerprint density at radius 3 is 2.46 bits per heavy atom. The topological polar surface area (TPSA) is 9.23 Å². The van der Waals surface area contributed by atoms with Gasteiger partial charge in [-0.3, -0.25) is 0 Å². The van der Waals surface area contributed by atoms with E-state index in [0.717, 1.165) is 12.4 Å². The van der Waals surface area contributed by atoms with Crippen LogP contribution in [-0.4, -0.2) is 11.0 Å². The predicted octanol–water partition coefficient (Wildman–Crippen LogP) is 3.28. The van der Waals surface area contributed by atoms with E-state index in [1.807, 2.05) is 30.3 Å². The Balaban J connectivity index is 1.86. The van der Waals surface area contributed by atoms with Gasteiger partial charge in [0.15, 0.2) is 0 Å². The molecule has 2 rings (SSSR count). The summed E-state index contributed by atoms with van der Waals surface area (Å²) < 4.78 is 6.94. The lowest BCUT2D eigenvalue weighted by Gasteiger charge is -2.12. The molecular weight excluding hydrogens is 275 g/mol. The van der Waals surface area contributed by atoms with Crippen LogP contribution in [0.5, 0.6) is 5.75 Å². The summed E-state index contributed by atoms with van der Waals surface area (Å²) in [5.74, 6) is 0.999. The summed E-state index contributed by atoms with van der Waals surface area (Å²) in [4.78, 5) is 0. The maximum absolute atomic E-state index is 5.72. The van der Waals surface area contributed by atoms with Crippen molar-refractivity contribution in [2.75, 3.05) is 11.0 Å². The molecule has 0 aliphatic heterocycles. The molecule has 1 saturated carbocycles. The highest BCUT2D eigenvalue weighted by Gasteiger charge is 2.42. The first-order valence-electron chi connectivity index (χ1n) is 4.58. The highest BCUT2D eigenvalue weighted by atomic mass is 127. The molecule has 0 atom stereocenters. The quantitative estimate of drug-likeness (QED) is 0.610. The second kappa shape index (κ2) is 3.86. The minimum absolute atomic E-state index is 0.510. The molecular formula is C11H13IO. The zero-order chi connectivity index (χ0) is 9.15. The summed E-state index contributed by atoms with van der Waals surface area (Å²) >= 11 is 2.46. The molecule has 2 heteroatoms. The third-order valence-electron chi connectivity index (χ3n) is 2.53. The van der Waals surface area contributed by atoms with E-state index in [1.165, 1.54) is 17.3 Å². The monoisotopic (exact) mass is 288 g/mol. The largest absolute Gasteiger partial charge is 0.493 e. The smallest absolute Gasteiger partial charge is 0.119 e. The Bertz CT molecular complexity index is 267. The Hall–Kier alpha value is -0.250. The number of benzene rings is 1. The molecule has 1 aliphatic rings. The molecule has 0 N–H and O–H groups in total. The Morgan fingerprint density at radius 1 is 1.23 bits per heavy atom. The van der Waals surface area contributed by atoms with Crippen LogP contribution in [0, 0.1) is 5.41 Å². The number of ether oxygens (including phenoxy) is 1. The van der Waals surface area contributed by atoms with Crippen molar-refractivity contribution in [2.45, 2.75) is 12.8 Å². The van der Waals surface area contributed by atoms with Crippen LogP contribution in [0.3, 0.4) is 0 Å². The van der Waals surface area contributed by atoms with Crippen molar-refractivity contribution >= 4 is 22.6 Å². The fourth-order valence-corrected chi connectivity index (χ4v) is 2.23. The van der Waals surface area contributed by atoms with Crippen molar-refractivity contribution in [3.05, 3.63) is 30.3 Å². The van der Waals surface area contributed by atoms with Gasteiger partial charge < -0.3 is 4.74 Å². The van der Waals surface area contributed by atoms with Crippen LogP contribution in [-0.2, 0) is 0 Å². The summed E-state index contributed by atoms with van der Waals surface area (Å²) in [5, 5.41) is 0. The van der Waals surface area contributed by atoms with E-state index in [2.05, 4.69) is 22.6 Å². The van der Waals surface area contributed by atoms with Gasteiger partial charge in [0.05, 0.1) is 6.61 Å². The standard InChI is InChI=1S/C11H13IO/c12-8-11(6-7-11)9-13-10-4-2-1-3-5-10/h1-5H,6-9H2. The molecule has 1 aliphatic carbocycles. The Kier molecular flexibility index (Phi) is 2.77. The fourth-order valence-electron chi connectivity index (χ4n) is 1.25. The average Bonchev–Trinajstić information content (AvgIpc) is 2.97. The van der Waals surface area contributed by atoms with E-state index < -0.39 is 0 Å². The van der Waals surface area contributed by atoms with Gasteiger partial charge in [0, 0.05) is 9.84 Å². The highest BCUT2D eigenvalue weighted by molar-refractivity contribution is 14.1. The molecule has 0 heterocycles. The van der Waals surface area contributed by atoms with Gasteiger partial charge in [-0.15, -0.1) is 0 Å². The maximum Gasteiger partial charge on any atom is 0.119 e. The number of hydrogen-bond donors (Lipinski definition) is 0. The number of hydrogen-bond acceptors (Lipinski definition) is 1. The minimum atomic E-state index is 0.510. The second-order valence-electron chi connectivity index (χ2n) is 3.74. The van der Waals surface area contributed by atoms with Crippen molar-refractivity contribution in [2.24, 2.45) is 5.41 Å². The molecule has 1 aromatic carbocycles. The molecule has 0 bridgehead atoms. The van der Waals surface area contributed by atoms with Gasteiger partial charge >= 0.3 is 0 Å². The van der Waals surface area contributed by atoms with E-state index in [-0.39, 0.29) is 0 Å². The summed E-state index contributed by atoms with van der Waals surface area (Å²) in [7, 11) is 0. The van der Waals surface area contributed by atoms with Crippen molar-refractivity contribution < 1.29 is 4.74 Å². The first kappa shape index (κ1) is 9.31. The lowest BCUT2D eigenvalue weighted by Crippen LogP contribution is -2.14. The van der Waals surface area contributed by atoms with Crippen LogP contribution >= 0.6 is 22.6 Å². The lowest BCUT2D eigenvalue weighted by atomic mass is 10.2. The normalized spacial score (nSPS) is 18.2. The van der Waals surface area contributed by atoms with Crippen molar-refractivity contribution in [3.63, 3.8) is 0 Å². The molecule has 0 amide bonds. The van der Waals surface area contributed by atoms with E-state index in [9.17, 15) is 0 Å². The molecule has 0 unspecified atom stereocenters. The first-order chi connectivity index (χ1) is 6.35. The van der Waals surface area contributed by atoms with Crippen LogP contribution in [0.1, 0.15) is 12.8 Å². The summed E-state index contributed by atoms with van der Waals surface area (Å²) in [6, 6.07) is 10.1. The van der Waals surface area contributed by atoms with Crippen molar-refractivity contribution in [3.8, 4) is 5.75 Å². The zero-order valence-corrected chi connectivity index (χ0v) is 9.66. The van der Waals surface area contributed by atoms with Crippen LogP contribution < -0.4 is 4.74 Å². The van der Waals surface area contributed by atoms with E-state index >= 15 is 0 Å². The van der Waals surface area contributed by atoms with Crippen LogP contribution in [0.4, 0.5) is 0 Å². The number of rotatable bonds is 4. The Labute approximate surface area is 92.6 Å². The van der Waals surface area contributed by atoms with E-state index in [0.29, 0.717) is 5.41 Å². The van der Waals surface area contributed by atoms with Gasteiger partial charge in [-0.2, -0.15) is 0 Å². The maximum atomic E-state index is 5.72. The van der Waals surface area contributed by atoms with Crippen molar-refractivity contribution in [1.29, 1.82) is 0 Å². The van der Waals surface area contributed by atoms with Crippen LogP contribution in [0.25, 0.3) is 0 Å². The summed E-state index contributed by atoms with van der Waals surface area (Å²) in [5.41, 5.74) is 0.510. The average molecular weight is 288 g/mol. The summed E-state index contributed by atoms with van der Waals surface area (Å²) in [6.45, 7) is 0.889. The van der Waals surface area contributed by atoms with Gasteiger partial charge in [-0.25, -0.2) is 0 Å². The summed E-state index contributed by atoms with van der Waals surface area (Å²) in [6.07, 6.45) is 2.67. The van der Waals surface area contributed by atoms with Crippen molar-refractivity contribution in [1.82, 2.24) is 0 Å². The molecule has 0 saturated heterocycles. The molecule has 0 spiro atoms. The predicted molar refractivity (Wildman–Crippen MR) is 62.5 cm³/mol. The molecule has 0 aromatic heterocycles. The fraction of sp³-hybridized carbons (Fsp3) is 0.455. The number of alkyl halides is 1. The second-order valence-corrected chi connectivity index (χ2v) is 4.50. The van der Waals surface area contributed by atoms with Gasteiger partial charge in [0.2, 0.25) is 0 Å². The third-order valence-corrected chi connectivity index (χ3v) is 4.15. The highest BCUT2D eigenvalue weighted by Crippen LogP contribution is 2.47.